The fourth-order valence-corrected chi connectivity index (χ4v) is 2.22. The molecular formula is C19H21NO4. The molecule has 2 aromatic rings. The fraction of sp³-hybridized carbons (Fsp3) is 0.316. The van der Waals surface area contributed by atoms with E-state index >= 15 is 0 Å². The van der Waals surface area contributed by atoms with Gasteiger partial charge in [0.25, 0.3) is 0 Å². The molecule has 2 rings (SSSR count). The van der Waals surface area contributed by atoms with Crippen molar-refractivity contribution < 1.29 is 19.1 Å². The highest BCUT2D eigenvalue weighted by Gasteiger charge is 2.16. The molecule has 0 aliphatic heterocycles. The van der Waals surface area contributed by atoms with Crippen LogP contribution in [0.15, 0.2) is 42.1 Å². The number of benzene rings is 1. The number of Topliss-reactive ketones (excluding diaryl/α,β-unsaturated/α-hetero) is 1. The van der Waals surface area contributed by atoms with Crippen molar-refractivity contribution in [3.8, 4) is 0 Å². The number of carbonyl (C=O) groups excluding carboxylic acids is 2. The molecule has 1 heterocycles. The summed E-state index contributed by atoms with van der Waals surface area (Å²) in [7, 11) is 0. The van der Waals surface area contributed by atoms with Crippen molar-refractivity contribution in [2.24, 2.45) is 0 Å². The minimum atomic E-state index is -0.636. The number of rotatable bonds is 8. The summed E-state index contributed by atoms with van der Waals surface area (Å²) < 4.78 is 10.4. The number of nitrogens with zero attached hydrogens (tertiary/aromatic N) is 1. The molecule has 0 atom stereocenters. The highest BCUT2D eigenvalue weighted by molar-refractivity contribution is 6.20. The molecule has 0 amide bonds. The summed E-state index contributed by atoms with van der Waals surface area (Å²) in [6, 6.07) is 9.32. The van der Waals surface area contributed by atoms with E-state index in [1.807, 2.05) is 31.2 Å². The van der Waals surface area contributed by atoms with Crippen molar-refractivity contribution in [3.05, 3.63) is 47.7 Å². The van der Waals surface area contributed by atoms with Crippen molar-refractivity contribution in [2.75, 3.05) is 19.8 Å². The summed E-state index contributed by atoms with van der Waals surface area (Å²) in [4.78, 5) is 28.3. The second-order valence-electron chi connectivity index (χ2n) is 5.28. The van der Waals surface area contributed by atoms with Crippen LogP contribution in [0.1, 0.15) is 25.8 Å². The summed E-state index contributed by atoms with van der Waals surface area (Å²) in [5.74, 6) is -0.973. The quantitative estimate of drug-likeness (QED) is 0.245. The maximum absolute atomic E-state index is 12.2. The van der Waals surface area contributed by atoms with E-state index in [2.05, 4.69) is 4.98 Å². The predicted molar refractivity (Wildman–Crippen MR) is 92.5 cm³/mol. The first-order chi connectivity index (χ1) is 11.6. The van der Waals surface area contributed by atoms with E-state index in [1.54, 1.807) is 18.3 Å². The van der Waals surface area contributed by atoms with Crippen molar-refractivity contribution in [1.82, 2.24) is 4.98 Å². The van der Waals surface area contributed by atoms with Gasteiger partial charge in [0.05, 0.1) is 12.1 Å². The zero-order valence-corrected chi connectivity index (χ0v) is 14.0. The molecular weight excluding hydrogens is 306 g/mol. The molecule has 5 nitrogen and oxygen atoms in total. The van der Waals surface area contributed by atoms with Gasteiger partial charge in [0.15, 0.2) is 5.78 Å². The summed E-state index contributed by atoms with van der Waals surface area (Å²) in [5, 5.41) is 0.873. The van der Waals surface area contributed by atoms with Gasteiger partial charge >= 0.3 is 5.97 Å². The lowest BCUT2D eigenvalue weighted by Crippen LogP contribution is -2.16. The highest BCUT2D eigenvalue weighted by Crippen LogP contribution is 2.19. The van der Waals surface area contributed by atoms with Gasteiger partial charge in [-0.25, -0.2) is 4.79 Å². The van der Waals surface area contributed by atoms with Gasteiger partial charge in [-0.05, 0) is 37.1 Å². The Hall–Kier alpha value is -2.53. The van der Waals surface area contributed by atoms with Crippen molar-refractivity contribution >= 4 is 28.7 Å². The zero-order chi connectivity index (χ0) is 17.4. The SMILES string of the molecule is CCCOCCOC(=O)C(=Cc1ccnc2ccccc12)C(C)=O. The first kappa shape index (κ1) is 17.8. The number of ether oxygens (including phenoxy) is 2. The van der Waals surface area contributed by atoms with Gasteiger partial charge in [-0.2, -0.15) is 0 Å². The van der Waals surface area contributed by atoms with Crippen LogP contribution in [0.2, 0.25) is 0 Å². The molecule has 0 saturated carbocycles. The molecule has 126 valence electrons. The lowest BCUT2D eigenvalue weighted by Gasteiger charge is -2.08. The van der Waals surface area contributed by atoms with E-state index in [0.717, 1.165) is 22.9 Å². The van der Waals surface area contributed by atoms with Gasteiger partial charge in [-0.15, -0.1) is 0 Å². The van der Waals surface area contributed by atoms with E-state index in [4.69, 9.17) is 9.47 Å². The molecule has 0 saturated heterocycles. The molecule has 0 N–H and O–H groups in total. The Morgan fingerprint density at radius 1 is 1.12 bits per heavy atom. The maximum Gasteiger partial charge on any atom is 0.341 e. The average molecular weight is 327 g/mol. The van der Waals surface area contributed by atoms with Crippen molar-refractivity contribution in [2.45, 2.75) is 20.3 Å². The Morgan fingerprint density at radius 2 is 1.92 bits per heavy atom. The third-order valence-corrected chi connectivity index (χ3v) is 3.39. The second kappa shape index (κ2) is 8.93. The molecule has 0 aliphatic rings. The topological polar surface area (TPSA) is 65.5 Å². The van der Waals surface area contributed by atoms with E-state index in [1.165, 1.54) is 6.92 Å². The number of esters is 1. The monoisotopic (exact) mass is 327 g/mol. The van der Waals surface area contributed by atoms with Gasteiger partial charge in [-0.1, -0.05) is 25.1 Å². The number of fused-ring (bicyclic) bond motifs is 1. The van der Waals surface area contributed by atoms with Gasteiger partial charge in [0.2, 0.25) is 0 Å². The molecule has 5 heteroatoms. The minimum absolute atomic E-state index is 0.0156. The molecule has 0 fully saturated rings. The van der Waals surface area contributed by atoms with Crippen molar-refractivity contribution in [1.29, 1.82) is 0 Å². The van der Waals surface area contributed by atoms with Gasteiger partial charge < -0.3 is 9.47 Å². The predicted octanol–water partition coefficient (Wildman–Crippen LogP) is 3.18. The van der Waals surface area contributed by atoms with Gasteiger partial charge in [0.1, 0.15) is 12.2 Å². The summed E-state index contributed by atoms with van der Waals surface area (Å²) in [5.41, 5.74) is 1.57. The molecule has 0 unspecified atom stereocenters. The van der Waals surface area contributed by atoms with Crippen LogP contribution >= 0.6 is 0 Å². The first-order valence-corrected chi connectivity index (χ1v) is 7.94. The number of carbonyl (C=O) groups is 2. The fourth-order valence-electron chi connectivity index (χ4n) is 2.22. The normalized spacial score (nSPS) is 11.5. The Balaban J connectivity index is 2.18. The molecule has 1 aromatic carbocycles. The number of pyridine rings is 1. The third-order valence-electron chi connectivity index (χ3n) is 3.39. The first-order valence-electron chi connectivity index (χ1n) is 7.94. The Kier molecular flexibility index (Phi) is 6.63. The molecule has 0 aliphatic carbocycles. The van der Waals surface area contributed by atoms with Crippen LogP contribution in [0.25, 0.3) is 17.0 Å². The zero-order valence-electron chi connectivity index (χ0n) is 14.0. The molecule has 0 spiro atoms. The van der Waals surface area contributed by atoms with Gasteiger partial charge in [0, 0.05) is 18.2 Å². The van der Waals surface area contributed by atoms with E-state index in [-0.39, 0.29) is 18.0 Å². The largest absolute Gasteiger partial charge is 0.460 e. The average Bonchev–Trinajstić information content (AvgIpc) is 2.59. The molecule has 0 bridgehead atoms. The second-order valence-corrected chi connectivity index (χ2v) is 5.28. The molecule has 0 radical (unpaired) electrons. The van der Waals surface area contributed by atoms with Crippen LogP contribution in [-0.4, -0.2) is 36.6 Å². The van der Waals surface area contributed by atoms with Crippen LogP contribution in [0.3, 0.4) is 0 Å². The van der Waals surface area contributed by atoms with Crippen LogP contribution in [0.5, 0.6) is 0 Å². The molecule has 24 heavy (non-hydrogen) atoms. The third kappa shape index (κ3) is 4.73. The standard InChI is InChI=1S/C19H21NO4/c1-3-10-23-11-12-24-19(22)17(14(2)21)13-15-8-9-20-18-7-5-4-6-16(15)18/h4-9,13H,3,10-12H2,1-2H3. The number of para-hydroxylation sites is 1. The van der Waals surface area contributed by atoms with Crippen molar-refractivity contribution in [3.63, 3.8) is 0 Å². The Labute approximate surface area is 141 Å². The summed E-state index contributed by atoms with van der Waals surface area (Å²) >= 11 is 0. The van der Waals surface area contributed by atoms with Crippen LogP contribution in [0, 0.1) is 0 Å². The minimum Gasteiger partial charge on any atom is -0.460 e. The van der Waals surface area contributed by atoms with E-state index < -0.39 is 5.97 Å². The Morgan fingerprint density at radius 3 is 2.67 bits per heavy atom. The van der Waals surface area contributed by atoms with E-state index in [0.29, 0.717) is 13.2 Å². The number of aromatic nitrogens is 1. The number of ketones is 1. The summed E-state index contributed by atoms with van der Waals surface area (Å²) in [6.45, 7) is 4.42. The molecule has 1 aromatic heterocycles. The number of hydrogen-bond donors (Lipinski definition) is 0. The van der Waals surface area contributed by atoms with Gasteiger partial charge in [-0.3, -0.25) is 9.78 Å². The van der Waals surface area contributed by atoms with E-state index in [9.17, 15) is 9.59 Å². The maximum atomic E-state index is 12.2. The Bertz CT molecular complexity index is 747. The smallest absolute Gasteiger partial charge is 0.341 e. The summed E-state index contributed by atoms with van der Waals surface area (Å²) in [6.07, 6.45) is 4.11. The highest BCUT2D eigenvalue weighted by atomic mass is 16.6. The van der Waals surface area contributed by atoms with Crippen LogP contribution in [0.4, 0.5) is 0 Å². The van der Waals surface area contributed by atoms with Crippen LogP contribution < -0.4 is 0 Å². The lowest BCUT2D eigenvalue weighted by molar-refractivity contribution is -0.141. The van der Waals surface area contributed by atoms with Crippen LogP contribution in [-0.2, 0) is 19.1 Å². The lowest BCUT2D eigenvalue weighted by atomic mass is 10.0. The number of hydrogen-bond acceptors (Lipinski definition) is 5.